The van der Waals surface area contributed by atoms with E-state index in [2.05, 4.69) is 46.7 Å². The Hall–Kier alpha value is -0.450. The molecule has 0 saturated heterocycles. The van der Waals surface area contributed by atoms with Crippen molar-refractivity contribution in [2.45, 2.75) is 19.9 Å². The lowest BCUT2D eigenvalue weighted by Gasteiger charge is -2.22. The van der Waals surface area contributed by atoms with Gasteiger partial charge in [0.1, 0.15) is 5.82 Å². The van der Waals surface area contributed by atoms with Crippen LogP contribution in [0.25, 0.3) is 0 Å². The van der Waals surface area contributed by atoms with Gasteiger partial charge in [-0.25, -0.2) is 4.39 Å². The zero-order chi connectivity index (χ0) is 13.5. The topological polar surface area (TPSA) is 6.48 Å². The summed E-state index contributed by atoms with van der Waals surface area (Å²) in [5.41, 5.74) is 1.14. The van der Waals surface area contributed by atoms with Crippen LogP contribution in [0.3, 0.4) is 0 Å². The van der Waals surface area contributed by atoms with Gasteiger partial charge in [0.2, 0.25) is 0 Å². The average molecular weight is 317 g/mol. The number of halogens is 2. The second-order valence-corrected chi connectivity index (χ2v) is 5.62. The molecular formula is C14H22BrFN2. The summed E-state index contributed by atoms with van der Waals surface area (Å²) in [4.78, 5) is 4.57. The van der Waals surface area contributed by atoms with Crippen LogP contribution in [0.5, 0.6) is 0 Å². The summed E-state index contributed by atoms with van der Waals surface area (Å²) in [5, 5.41) is 0. The summed E-state index contributed by atoms with van der Waals surface area (Å²) in [7, 11) is 4.18. The third kappa shape index (κ3) is 5.46. The summed E-state index contributed by atoms with van der Waals surface area (Å²) >= 11 is 3.42. The Kier molecular flexibility index (Phi) is 6.82. The Morgan fingerprint density at radius 1 is 1.22 bits per heavy atom. The van der Waals surface area contributed by atoms with Gasteiger partial charge in [0.25, 0.3) is 0 Å². The standard InChI is InChI=1S/C14H22BrFN2/c1-4-18(9-5-8-17(2)3)11-12-6-7-13(16)10-14(12)15/h6-7,10H,4-5,8-9,11H2,1-3H3. The first-order valence-electron chi connectivity index (χ1n) is 6.34. The fourth-order valence-corrected chi connectivity index (χ4v) is 2.33. The largest absolute Gasteiger partial charge is 0.309 e. The van der Waals surface area contributed by atoms with E-state index in [0.29, 0.717) is 0 Å². The van der Waals surface area contributed by atoms with Crippen molar-refractivity contribution < 1.29 is 4.39 Å². The Balaban J connectivity index is 2.51. The minimum atomic E-state index is -0.193. The molecule has 4 heteroatoms. The fraction of sp³-hybridized carbons (Fsp3) is 0.571. The molecule has 2 nitrogen and oxygen atoms in total. The lowest BCUT2D eigenvalue weighted by molar-refractivity contribution is 0.259. The second-order valence-electron chi connectivity index (χ2n) is 4.76. The van der Waals surface area contributed by atoms with Gasteiger partial charge in [0.05, 0.1) is 0 Å². The molecule has 1 rings (SSSR count). The van der Waals surface area contributed by atoms with Crippen LogP contribution in [0.15, 0.2) is 22.7 Å². The van der Waals surface area contributed by atoms with Crippen LogP contribution in [0.4, 0.5) is 4.39 Å². The summed E-state index contributed by atoms with van der Waals surface area (Å²) < 4.78 is 13.9. The minimum Gasteiger partial charge on any atom is -0.309 e. The zero-order valence-corrected chi connectivity index (χ0v) is 13.0. The lowest BCUT2D eigenvalue weighted by Crippen LogP contribution is -2.27. The molecule has 0 aliphatic rings. The van der Waals surface area contributed by atoms with E-state index >= 15 is 0 Å². The Morgan fingerprint density at radius 3 is 2.50 bits per heavy atom. The highest BCUT2D eigenvalue weighted by atomic mass is 79.9. The first-order valence-corrected chi connectivity index (χ1v) is 7.13. The lowest BCUT2D eigenvalue weighted by atomic mass is 10.2. The molecule has 1 aromatic carbocycles. The molecule has 0 aliphatic heterocycles. The van der Waals surface area contributed by atoms with Gasteiger partial charge in [-0.3, -0.25) is 4.90 Å². The molecule has 0 fully saturated rings. The van der Waals surface area contributed by atoms with Crippen molar-refractivity contribution in [2.24, 2.45) is 0 Å². The van der Waals surface area contributed by atoms with Gasteiger partial charge in [0.15, 0.2) is 0 Å². The number of nitrogens with zero attached hydrogens (tertiary/aromatic N) is 2. The van der Waals surface area contributed by atoms with Crippen molar-refractivity contribution in [3.8, 4) is 0 Å². The molecule has 0 amide bonds. The van der Waals surface area contributed by atoms with E-state index in [1.165, 1.54) is 12.1 Å². The van der Waals surface area contributed by atoms with Crippen molar-refractivity contribution >= 4 is 15.9 Å². The van der Waals surface area contributed by atoms with Crippen molar-refractivity contribution in [2.75, 3.05) is 33.7 Å². The molecular weight excluding hydrogens is 295 g/mol. The number of benzene rings is 1. The minimum absolute atomic E-state index is 0.193. The van der Waals surface area contributed by atoms with E-state index in [0.717, 1.165) is 42.6 Å². The molecule has 0 bridgehead atoms. The summed E-state index contributed by atoms with van der Waals surface area (Å²) in [6, 6.07) is 4.91. The number of hydrogen-bond acceptors (Lipinski definition) is 2. The first-order chi connectivity index (χ1) is 8.52. The third-order valence-corrected chi connectivity index (χ3v) is 3.67. The van der Waals surface area contributed by atoms with Crippen LogP contribution < -0.4 is 0 Å². The van der Waals surface area contributed by atoms with Gasteiger partial charge in [-0.15, -0.1) is 0 Å². The van der Waals surface area contributed by atoms with Crippen LogP contribution in [-0.2, 0) is 6.54 Å². The van der Waals surface area contributed by atoms with E-state index in [1.54, 1.807) is 0 Å². The predicted octanol–water partition coefficient (Wildman–Crippen LogP) is 3.36. The maximum absolute atomic E-state index is 13.0. The number of rotatable bonds is 7. The monoisotopic (exact) mass is 316 g/mol. The molecule has 102 valence electrons. The summed E-state index contributed by atoms with van der Waals surface area (Å²) in [6.45, 7) is 6.20. The number of hydrogen-bond donors (Lipinski definition) is 0. The SMILES string of the molecule is CCN(CCCN(C)C)Cc1ccc(F)cc1Br. The van der Waals surface area contributed by atoms with Gasteiger partial charge >= 0.3 is 0 Å². The Labute approximate surface area is 118 Å². The highest BCUT2D eigenvalue weighted by molar-refractivity contribution is 9.10. The van der Waals surface area contributed by atoms with Crippen molar-refractivity contribution in [3.05, 3.63) is 34.1 Å². The molecule has 0 atom stereocenters. The maximum atomic E-state index is 13.0. The normalized spacial score (nSPS) is 11.5. The Morgan fingerprint density at radius 2 is 1.94 bits per heavy atom. The highest BCUT2D eigenvalue weighted by Crippen LogP contribution is 2.19. The van der Waals surface area contributed by atoms with Crippen LogP contribution in [0, 0.1) is 5.82 Å². The zero-order valence-electron chi connectivity index (χ0n) is 11.4. The van der Waals surface area contributed by atoms with Crippen molar-refractivity contribution in [1.82, 2.24) is 9.80 Å². The second kappa shape index (κ2) is 7.87. The van der Waals surface area contributed by atoms with Gasteiger partial charge < -0.3 is 4.90 Å². The predicted molar refractivity (Wildman–Crippen MR) is 78.2 cm³/mol. The van der Waals surface area contributed by atoms with E-state index in [9.17, 15) is 4.39 Å². The quantitative estimate of drug-likeness (QED) is 0.761. The molecule has 0 spiro atoms. The van der Waals surface area contributed by atoms with E-state index < -0.39 is 0 Å². The van der Waals surface area contributed by atoms with Crippen molar-refractivity contribution in [1.29, 1.82) is 0 Å². The molecule has 0 radical (unpaired) electrons. The summed E-state index contributed by atoms with van der Waals surface area (Å²) in [5.74, 6) is -0.193. The molecule has 1 aromatic rings. The van der Waals surface area contributed by atoms with E-state index in [1.807, 2.05) is 6.07 Å². The molecule has 0 N–H and O–H groups in total. The summed E-state index contributed by atoms with van der Waals surface area (Å²) in [6.07, 6.45) is 1.15. The van der Waals surface area contributed by atoms with Gasteiger partial charge in [-0.1, -0.05) is 28.9 Å². The molecule has 0 aromatic heterocycles. The van der Waals surface area contributed by atoms with Crippen LogP contribution in [0.1, 0.15) is 18.9 Å². The fourth-order valence-electron chi connectivity index (χ4n) is 1.85. The average Bonchev–Trinajstić information content (AvgIpc) is 2.30. The van der Waals surface area contributed by atoms with Crippen LogP contribution >= 0.6 is 15.9 Å². The van der Waals surface area contributed by atoms with Crippen LogP contribution in [-0.4, -0.2) is 43.5 Å². The van der Waals surface area contributed by atoms with E-state index in [-0.39, 0.29) is 5.82 Å². The molecule has 0 heterocycles. The molecule has 0 unspecified atom stereocenters. The molecule has 0 saturated carbocycles. The van der Waals surface area contributed by atoms with Gasteiger partial charge in [-0.05, 0) is 57.8 Å². The van der Waals surface area contributed by atoms with Gasteiger partial charge in [-0.2, -0.15) is 0 Å². The first kappa shape index (κ1) is 15.6. The molecule has 0 aliphatic carbocycles. The molecule has 18 heavy (non-hydrogen) atoms. The highest BCUT2D eigenvalue weighted by Gasteiger charge is 2.07. The van der Waals surface area contributed by atoms with Crippen LogP contribution in [0.2, 0.25) is 0 Å². The van der Waals surface area contributed by atoms with Crippen molar-refractivity contribution in [3.63, 3.8) is 0 Å². The Bertz CT molecular complexity index is 369. The smallest absolute Gasteiger partial charge is 0.124 e. The third-order valence-electron chi connectivity index (χ3n) is 2.94. The maximum Gasteiger partial charge on any atom is 0.124 e. The van der Waals surface area contributed by atoms with E-state index in [4.69, 9.17) is 0 Å². The van der Waals surface area contributed by atoms with Gasteiger partial charge in [0, 0.05) is 11.0 Å².